The number of fused-ring (bicyclic) bond motifs is 12. The van der Waals surface area contributed by atoms with Crippen LogP contribution in [-0.4, -0.2) is 6.61 Å². The highest BCUT2D eigenvalue weighted by Crippen LogP contribution is 2.56. The first-order valence-electron chi connectivity index (χ1n) is 30.2. The number of hydrogen-bond acceptors (Lipinski definition) is 1. The van der Waals surface area contributed by atoms with Crippen molar-refractivity contribution in [1.82, 2.24) is 0 Å². The molecule has 0 aromatic heterocycles. The van der Waals surface area contributed by atoms with E-state index in [1.165, 1.54) is 170 Å². The molecule has 0 fully saturated rings. The lowest BCUT2D eigenvalue weighted by molar-refractivity contribution is 0.349. The van der Waals surface area contributed by atoms with E-state index in [9.17, 15) is 0 Å². The van der Waals surface area contributed by atoms with E-state index >= 15 is 0 Å². The Morgan fingerprint density at radius 3 is 0.882 bits per heavy atom. The highest BCUT2D eigenvalue weighted by Gasteiger charge is 2.38. The summed E-state index contributed by atoms with van der Waals surface area (Å²) in [5.74, 6) is 0.856. The van der Waals surface area contributed by atoms with Crippen LogP contribution >= 0.6 is 0 Å². The average molecular weight is 1090 g/mol. The van der Waals surface area contributed by atoms with Crippen LogP contribution in [-0.2, 0) is 10.8 Å². The normalized spacial score (nSPS) is 13.6. The summed E-state index contributed by atoms with van der Waals surface area (Å²) >= 11 is 0. The molecule has 406 valence electrons. The summed E-state index contributed by atoms with van der Waals surface area (Å²) in [6.07, 6.45) is 0.907. The third-order valence-electron chi connectivity index (χ3n) is 19.5. The van der Waals surface area contributed by atoms with Gasteiger partial charge in [0.2, 0.25) is 0 Å². The smallest absolute Gasteiger partial charge is 0.119 e. The molecule has 0 bridgehead atoms. The highest BCUT2D eigenvalue weighted by atomic mass is 16.5. The molecule has 0 aliphatic heterocycles. The number of benzene rings is 14. The molecular formula is C84H64O. The molecule has 0 heterocycles. The summed E-state index contributed by atoms with van der Waals surface area (Å²) in [6.45, 7) is 18.7. The lowest BCUT2D eigenvalue weighted by Gasteiger charge is -2.25. The molecule has 0 spiro atoms. The molecule has 1 nitrogen and oxygen atoms in total. The zero-order chi connectivity index (χ0) is 57.5. The fourth-order valence-electron chi connectivity index (χ4n) is 15.2. The second-order valence-electron chi connectivity index (χ2n) is 25.0. The molecule has 0 saturated carbocycles. The fourth-order valence-corrected chi connectivity index (χ4v) is 15.2. The van der Waals surface area contributed by atoms with E-state index in [4.69, 9.17) is 4.74 Å². The molecule has 0 atom stereocenters. The van der Waals surface area contributed by atoms with Crippen LogP contribution in [0.15, 0.2) is 255 Å². The number of ether oxygens (including phenoxy) is 1. The van der Waals surface area contributed by atoms with Gasteiger partial charge in [0.05, 0.1) is 0 Å². The molecular weight excluding hydrogens is 1020 g/mol. The zero-order valence-electron chi connectivity index (χ0n) is 49.1. The largest absolute Gasteiger partial charge is 0.489 e. The Hall–Kier alpha value is -9.82. The molecule has 0 radical (unpaired) electrons. The number of rotatable bonds is 9. The lowest BCUT2D eigenvalue weighted by atomic mass is 9.78. The van der Waals surface area contributed by atoms with Crippen LogP contribution in [0.1, 0.15) is 68.9 Å². The van der Waals surface area contributed by atoms with E-state index in [0.717, 1.165) is 17.7 Å². The van der Waals surface area contributed by atoms with Crippen molar-refractivity contribution in [3.63, 3.8) is 0 Å². The molecule has 14 aromatic rings. The predicted octanol–water partition coefficient (Wildman–Crippen LogP) is 23.2. The van der Waals surface area contributed by atoms with Crippen molar-refractivity contribution in [3.05, 3.63) is 283 Å². The van der Waals surface area contributed by atoms with E-state index in [-0.39, 0.29) is 10.8 Å². The maximum atomic E-state index is 6.12. The Balaban J connectivity index is 0.830. The average Bonchev–Trinajstić information content (AvgIpc) is 1.81. The van der Waals surface area contributed by atoms with Gasteiger partial charge in [0, 0.05) is 10.8 Å². The second-order valence-corrected chi connectivity index (χ2v) is 25.0. The maximum Gasteiger partial charge on any atom is 0.119 e. The minimum absolute atomic E-state index is 0.115. The van der Waals surface area contributed by atoms with Crippen molar-refractivity contribution in [1.29, 1.82) is 0 Å². The Morgan fingerprint density at radius 1 is 0.318 bits per heavy atom. The quantitative estimate of drug-likeness (QED) is 0.103. The van der Waals surface area contributed by atoms with Crippen molar-refractivity contribution in [2.24, 2.45) is 0 Å². The molecule has 0 N–H and O–H groups in total. The fraction of sp³-hybridized carbons (Fsp3) is 0.119. The molecule has 14 aromatic carbocycles. The summed E-state index contributed by atoms with van der Waals surface area (Å²) in [5.41, 5.74) is 25.4. The molecule has 0 amide bonds. The van der Waals surface area contributed by atoms with E-state index in [1.54, 1.807) is 0 Å². The van der Waals surface area contributed by atoms with E-state index in [1.807, 2.05) is 0 Å². The van der Waals surface area contributed by atoms with Gasteiger partial charge in [-0.2, -0.15) is 0 Å². The third-order valence-corrected chi connectivity index (χ3v) is 19.5. The van der Waals surface area contributed by atoms with Gasteiger partial charge in [-0.05, 0) is 214 Å². The topological polar surface area (TPSA) is 9.23 Å². The lowest BCUT2D eigenvalue weighted by Crippen LogP contribution is -2.15. The first-order valence-corrected chi connectivity index (χ1v) is 30.2. The molecule has 0 saturated heterocycles. The van der Waals surface area contributed by atoms with Crippen molar-refractivity contribution in [3.8, 4) is 83.6 Å². The molecule has 2 aliphatic rings. The van der Waals surface area contributed by atoms with Crippen LogP contribution in [0.4, 0.5) is 0 Å². The first kappa shape index (κ1) is 50.9. The van der Waals surface area contributed by atoms with Gasteiger partial charge in [0.25, 0.3) is 0 Å². The summed E-state index contributed by atoms with van der Waals surface area (Å²) in [4.78, 5) is 0. The van der Waals surface area contributed by atoms with Crippen molar-refractivity contribution >= 4 is 64.6 Å². The van der Waals surface area contributed by atoms with E-state index < -0.39 is 0 Å². The van der Waals surface area contributed by atoms with Crippen LogP contribution in [0.2, 0.25) is 0 Å². The first-order chi connectivity index (χ1) is 41.5. The van der Waals surface area contributed by atoms with Crippen molar-refractivity contribution in [2.45, 2.75) is 58.8 Å². The summed E-state index contributed by atoms with van der Waals surface area (Å²) in [5, 5.41) is 15.0. The van der Waals surface area contributed by atoms with Crippen molar-refractivity contribution < 1.29 is 4.74 Å². The zero-order valence-corrected chi connectivity index (χ0v) is 49.1. The predicted molar refractivity (Wildman–Crippen MR) is 363 cm³/mol. The molecule has 2 aliphatic carbocycles. The molecule has 85 heavy (non-hydrogen) atoms. The highest BCUT2D eigenvalue weighted by molar-refractivity contribution is 6.30. The van der Waals surface area contributed by atoms with Gasteiger partial charge < -0.3 is 4.74 Å². The van der Waals surface area contributed by atoms with Gasteiger partial charge >= 0.3 is 0 Å². The SMILES string of the molecule is C=C(CC)COc1ccc(-c2c3ccccc3c(-c3ccc4c(c3)C(C)(C)c3cc(-c5c6ccccc6c(-c6c7ccccc7c(-c7ccc8c(c7)C(C)(C)c7cc(C)ccc7-8)c7ccccc67)c6ccccc56)ccc3-4)c3ccccc23)cc1. The minimum atomic E-state index is -0.279. The third kappa shape index (κ3) is 7.62. The van der Waals surface area contributed by atoms with Gasteiger partial charge in [0.1, 0.15) is 12.4 Å². The molecule has 1 heteroatoms. The van der Waals surface area contributed by atoms with Gasteiger partial charge in [-0.3, -0.25) is 0 Å². The van der Waals surface area contributed by atoms with Crippen LogP contribution in [0.5, 0.6) is 5.75 Å². The van der Waals surface area contributed by atoms with E-state index in [0.29, 0.717) is 6.61 Å². The van der Waals surface area contributed by atoms with Crippen LogP contribution < -0.4 is 4.74 Å². The van der Waals surface area contributed by atoms with Crippen molar-refractivity contribution in [2.75, 3.05) is 6.61 Å². The van der Waals surface area contributed by atoms with E-state index in [2.05, 4.69) is 291 Å². The summed E-state index contributed by atoms with van der Waals surface area (Å²) in [7, 11) is 0. The maximum absolute atomic E-state index is 6.12. The van der Waals surface area contributed by atoms with Gasteiger partial charge in [-0.1, -0.05) is 259 Å². The number of aryl methyl sites for hydroxylation is 1. The van der Waals surface area contributed by atoms with Crippen LogP contribution in [0.25, 0.3) is 143 Å². The number of hydrogen-bond donors (Lipinski definition) is 0. The van der Waals surface area contributed by atoms with Gasteiger partial charge in [-0.15, -0.1) is 0 Å². The molecule has 16 rings (SSSR count). The Bertz CT molecular complexity index is 5010. The summed E-state index contributed by atoms with van der Waals surface area (Å²) < 4.78 is 6.12. The van der Waals surface area contributed by atoms with Gasteiger partial charge in [-0.25, -0.2) is 0 Å². The Labute approximate surface area is 498 Å². The summed E-state index contributed by atoms with van der Waals surface area (Å²) in [6, 6.07) is 92.1. The van der Waals surface area contributed by atoms with Gasteiger partial charge in [0.15, 0.2) is 0 Å². The van der Waals surface area contributed by atoms with Crippen LogP contribution in [0.3, 0.4) is 0 Å². The van der Waals surface area contributed by atoms with Crippen LogP contribution in [0, 0.1) is 6.92 Å². The second kappa shape index (κ2) is 19.1. The monoisotopic (exact) mass is 1090 g/mol. The standard InChI is InChI=1S/C84H64O/c1-8-50(2)49-85-56-39-34-52(35-40-56)77-61-21-9-11-23-63(61)78(64-24-12-10-22-62(64)77)53-37-43-59-60-44-38-55(48-76(60)84(6,7)75(59)47-53)80-67-27-15-19-31-71(67)82(72-32-20-16-28-68(72)80)81-69-29-17-13-25-65(69)79(66-26-14-18-30-70(66)81)54-36-42-58-57-41-33-51(3)45-73(57)83(4,5)74(58)46-54/h9-48H,2,8,49H2,1,3-7H3. The molecule has 0 unspecified atom stereocenters. The Kier molecular flexibility index (Phi) is 11.4. The minimum Gasteiger partial charge on any atom is -0.489 e. The Morgan fingerprint density at radius 2 is 0.576 bits per heavy atom.